The van der Waals surface area contributed by atoms with Crippen LogP contribution in [0.4, 0.5) is 21.9 Å². The summed E-state index contributed by atoms with van der Waals surface area (Å²) in [5.74, 6) is -0.109. The Kier molecular flexibility index (Phi) is 7.74. The van der Waals surface area contributed by atoms with Crippen LogP contribution in [-0.4, -0.2) is 31.1 Å². The Balaban J connectivity index is 1.79. The van der Waals surface area contributed by atoms with Crippen molar-refractivity contribution in [2.75, 3.05) is 28.6 Å². The Morgan fingerprint density at radius 2 is 1.63 bits per heavy atom. The fourth-order valence-electron chi connectivity index (χ4n) is 3.44. The van der Waals surface area contributed by atoms with Gasteiger partial charge in [-0.2, -0.15) is 0 Å². The number of hydrogen-bond acceptors (Lipinski definition) is 3. The topological polar surface area (TPSA) is 73.5 Å². The molecule has 0 saturated carbocycles. The summed E-state index contributed by atoms with van der Waals surface area (Å²) in [5.41, 5.74) is 2.79. The van der Waals surface area contributed by atoms with Crippen LogP contribution < -0.4 is 20.9 Å². The predicted octanol–water partition coefficient (Wildman–Crippen LogP) is 5.61. The van der Waals surface area contributed by atoms with E-state index < -0.39 is 0 Å². The molecule has 1 fully saturated rings. The molecule has 0 aromatic heterocycles. The molecule has 1 aliphatic rings. The van der Waals surface area contributed by atoms with E-state index in [1.165, 1.54) is 6.42 Å². The molecule has 2 aromatic carbocycles. The molecular weight excluding hydrogens is 444 g/mol. The normalized spacial score (nSPS) is 14.7. The maximum atomic E-state index is 13.0. The molecule has 3 N–H and O–H groups in total. The minimum absolute atomic E-state index is 0.0871. The van der Waals surface area contributed by atoms with Gasteiger partial charge in [0.05, 0.1) is 5.56 Å². The van der Waals surface area contributed by atoms with Crippen LogP contribution in [0.25, 0.3) is 0 Å². The van der Waals surface area contributed by atoms with Crippen molar-refractivity contribution in [3.8, 4) is 0 Å². The molecule has 6 nitrogen and oxygen atoms in total. The molecule has 30 heavy (non-hydrogen) atoms. The fraction of sp³-hybridized carbons (Fsp3) is 0.391. The standard InChI is InChI=1S/C23H29BrN4O2/c1-3-16(2)25-22(29)20-15-19(11-12-21(20)28-13-5-4-6-14-28)27-23(30)26-18-9-7-17(24)8-10-18/h7-12,15-16H,3-6,13-14H2,1-2H3,(H,25,29)(H2,26,27,30). The lowest BCUT2D eigenvalue weighted by atomic mass is 10.1. The average molecular weight is 473 g/mol. The van der Waals surface area contributed by atoms with Gasteiger partial charge < -0.3 is 20.9 Å². The van der Waals surface area contributed by atoms with Gasteiger partial charge in [0, 0.05) is 40.7 Å². The third-order valence-electron chi connectivity index (χ3n) is 5.29. The molecule has 0 radical (unpaired) electrons. The summed E-state index contributed by atoms with van der Waals surface area (Å²) in [6, 6.07) is 12.6. The molecule has 0 bridgehead atoms. The van der Waals surface area contributed by atoms with Gasteiger partial charge in [-0.25, -0.2) is 4.79 Å². The predicted molar refractivity (Wildman–Crippen MR) is 127 cm³/mol. The smallest absolute Gasteiger partial charge is 0.323 e. The number of benzene rings is 2. The Morgan fingerprint density at radius 3 is 2.30 bits per heavy atom. The van der Waals surface area contributed by atoms with E-state index in [1.807, 2.05) is 50.2 Å². The third-order valence-corrected chi connectivity index (χ3v) is 5.82. The number of piperidine rings is 1. The van der Waals surface area contributed by atoms with E-state index >= 15 is 0 Å². The number of hydrogen-bond donors (Lipinski definition) is 3. The second-order valence-corrected chi connectivity index (χ2v) is 8.56. The SMILES string of the molecule is CCC(C)NC(=O)c1cc(NC(=O)Nc2ccc(Br)cc2)ccc1N1CCCCC1. The van der Waals surface area contributed by atoms with E-state index in [9.17, 15) is 9.59 Å². The van der Waals surface area contributed by atoms with Gasteiger partial charge >= 0.3 is 6.03 Å². The largest absolute Gasteiger partial charge is 0.371 e. The Labute approximate surface area is 186 Å². The van der Waals surface area contributed by atoms with Gasteiger partial charge in [-0.3, -0.25) is 4.79 Å². The van der Waals surface area contributed by atoms with Gasteiger partial charge in [0.1, 0.15) is 0 Å². The number of amides is 3. The zero-order chi connectivity index (χ0) is 21.5. The summed E-state index contributed by atoms with van der Waals surface area (Å²) in [4.78, 5) is 27.6. The maximum absolute atomic E-state index is 13.0. The molecule has 1 atom stereocenters. The van der Waals surface area contributed by atoms with Crippen LogP contribution in [0.3, 0.4) is 0 Å². The first-order valence-electron chi connectivity index (χ1n) is 10.5. The summed E-state index contributed by atoms with van der Waals surface area (Å²) in [5, 5.41) is 8.69. The number of carbonyl (C=O) groups is 2. The first kappa shape index (κ1) is 22.2. The van der Waals surface area contributed by atoms with Crippen molar-refractivity contribution in [1.82, 2.24) is 5.32 Å². The molecule has 1 saturated heterocycles. The monoisotopic (exact) mass is 472 g/mol. The first-order valence-corrected chi connectivity index (χ1v) is 11.3. The lowest BCUT2D eigenvalue weighted by Gasteiger charge is -2.31. The Hall–Kier alpha value is -2.54. The molecular formula is C23H29BrN4O2. The van der Waals surface area contributed by atoms with Crippen molar-refractivity contribution in [2.45, 2.75) is 45.6 Å². The lowest BCUT2D eigenvalue weighted by Crippen LogP contribution is -2.35. The number of rotatable bonds is 6. The second kappa shape index (κ2) is 10.5. The van der Waals surface area contributed by atoms with Gasteiger partial charge in [0.25, 0.3) is 5.91 Å². The van der Waals surface area contributed by atoms with E-state index in [1.54, 1.807) is 6.07 Å². The number of anilines is 3. The number of halogens is 1. The van der Waals surface area contributed by atoms with Gasteiger partial charge in [-0.15, -0.1) is 0 Å². The molecule has 1 heterocycles. The zero-order valence-electron chi connectivity index (χ0n) is 17.5. The number of nitrogens with one attached hydrogen (secondary N) is 3. The van der Waals surface area contributed by atoms with Crippen LogP contribution in [0.1, 0.15) is 49.9 Å². The van der Waals surface area contributed by atoms with Crippen molar-refractivity contribution < 1.29 is 9.59 Å². The molecule has 7 heteroatoms. The minimum Gasteiger partial charge on any atom is -0.371 e. The molecule has 1 unspecified atom stereocenters. The highest BCUT2D eigenvalue weighted by Gasteiger charge is 2.20. The summed E-state index contributed by atoms with van der Waals surface area (Å²) in [6.45, 7) is 5.92. The van der Waals surface area contributed by atoms with Crippen molar-refractivity contribution >= 4 is 44.9 Å². The van der Waals surface area contributed by atoms with Crippen LogP contribution in [0, 0.1) is 0 Å². The fourth-order valence-corrected chi connectivity index (χ4v) is 3.70. The van der Waals surface area contributed by atoms with Crippen LogP contribution in [-0.2, 0) is 0 Å². The third kappa shape index (κ3) is 5.98. The molecule has 2 aromatic rings. The van der Waals surface area contributed by atoms with Gasteiger partial charge in [-0.1, -0.05) is 22.9 Å². The number of urea groups is 1. The summed E-state index contributed by atoms with van der Waals surface area (Å²) >= 11 is 3.38. The average Bonchev–Trinajstić information content (AvgIpc) is 2.75. The van der Waals surface area contributed by atoms with E-state index in [-0.39, 0.29) is 18.0 Å². The molecule has 160 valence electrons. The molecule has 3 amide bonds. The molecule has 0 aliphatic carbocycles. The molecule has 3 rings (SSSR count). The van der Waals surface area contributed by atoms with Gasteiger partial charge in [-0.05, 0) is 75.1 Å². The highest BCUT2D eigenvalue weighted by molar-refractivity contribution is 9.10. The lowest BCUT2D eigenvalue weighted by molar-refractivity contribution is 0.0939. The summed E-state index contributed by atoms with van der Waals surface area (Å²) in [6.07, 6.45) is 4.34. The van der Waals surface area contributed by atoms with Gasteiger partial charge in [0.15, 0.2) is 0 Å². The highest BCUT2D eigenvalue weighted by Crippen LogP contribution is 2.27. The number of carbonyl (C=O) groups excluding carboxylic acids is 2. The van der Waals surface area contributed by atoms with Crippen LogP contribution >= 0.6 is 15.9 Å². The Morgan fingerprint density at radius 1 is 1.00 bits per heavy atom. The minimum atomic E-state index is -0.351. The van der Waals surface area contributed by atoms with Crippen LogP contribution in [0.2, 0.25) is 0 Å². The van der Waals surface area contributed by atoms with E-state index in [2.05, 4.69) is 36.8 Å². The zero-order valence-corrected chi connectivity index (χ0v) is 19.1. The summed E-state index contributed by atoms with van der Waals surface area (Å²) < 4.78 is 0.943. The maximum Gasteiger partial charge on any atom is 0.323 e. The highest BCUT2D eigenvalue weighted by atomic mass is 79.9. The van der Waals surface area contributed by atoms with Crippen molar-refractivity contribution in [3.63, 3.8) is 0 Å². The van der Waals surface area contributed by atoms with Gasteiger partial charge in [0.2, 0.25) is 0 Å². The quantitative estimate of drug-likeness (QED) is 0.511. The van der Waals surface area contributed by atoms with Crippen molar-refractivity contribution in [1.29, 1.82) is 0 Å². The van der Waals surface area contributed by atoms with Crippen molar-refractivity contribution in [2.24, 2.45) is 0 Å². The van der Waals surface area contributed by atoms with E-state index in [0.717, 1.165) is 42.5 Å². The van der Waals surface area contributed by atoms with E-state index in [4.69, 9.17) is 0 Å². The summed E-state index contributed by atoms with van der Waals surface area (Å²) in [7, 11) is 0. The number of nitrogens with zero attached hydrogens (tertiary/aromatic N) is 1. The van der Waals surface area contributed by atoms with Crippen LogP contribution in [0.15, 0.2) is 46.9 Å². The van der Waals surface area contributed by atoms with E-state index in [0.29, 0.717) is 16.9 Å². The molecule has 1 aliphatic heterocycles. The molecule has 0 spiro atoms. The van der Waals surface area contributed by atoms with Crippen molar-refractivity contribution in [3.05, 3.63) is 52.5 Å². The van der Waals surface area contributed by atoms with Crippen LogP contribution in [0.5, 0.6) is 0 Å². The Bertz CT molecular complexity index is 879. The first-order chi connectivity index (χ1) is 14.5. The second-order valence-electron chi connectivity index (χ2n) is 7.65.